The third kappa shape index (κ3) is 5.13. The van der Waals surface area contributed by atoms with Gasteiger partial charge in [0, 0.05) is 23.5 Å². The Morgan fingerprint density at radius 2 is 1.69 bits per heavy atom. The number of methoxy groups -OCH3 is 2. The number of anilines is 1. The second kappa shape index (κ2) is 11.2. The molecular weight excluding hydrogens is 539 g/mol. The molecule has 2 aromatic carbocycles. The van der Waals surface area contributed by atoms with Crippen molar-refractivity contribution < 1.29 is 19.1 Å². The normalized spacial score (nSPS) is 22.2. The third-order valence-corrected chi connectivity index (χ3v) is 8.70. The first kappa shape index (κ1) is 27.5. The first-order chi connectivity index (χ1) is 18.8. The number of ketones is 1. The van der Waals surface area contributed by atoms with Gasteiger partial charge >= 0.3 is 0 Å². The van der Waals surface area contributed by atoms with Crippen LogP contribution in [0, 0.1) is 11.8 Å². The molecule has 2 heterocycles. The number of hydrazone groups is 1. The van der Waals surface area contributed by atoms with Crippen LogP contribution in [-0.4, -0.2) is 55.3 Å². The topological polar surface area (TPSA) is 106 Å². The summed E-state index contributed by atoms with van der Waals surface area (Å²) in [6.07, 6.45) is 6.76. The summed E-state index contributed by atoms with van der Waals surface area (Å²) in [5, 5.41) is 10.5. The molecule has 0 spiro atoms. The molecule has 1 fully saturated rings. The molecule has 0 bridgehead atoms. The van der Waals surface area contributed by atoms with Crippen LogP contribution in [0.3, 0.4) is 0 Å². The Balaban J connectivity index is 1.58. The van der Waals surface area contributed by atoms with Gasteiger partial charge < -0.3 is 20.5 Å². The standard InChI is InChI=1S/C29H32Cl2N4O4/c1-38-24-8-7-17(15-25(24)39-2)27-19-5-3-4-6-20(19)28(37)35(34-27)29(9-11-33-12-10-29)16-23(36)18-13-21(30)26(32)22(31)14-18/h3-4,7-8,13-15,19-20,33H,5-6,9-12,16,32H2,1-2H3/t19-,20+/m0/s1. The van der Waals surface area contributed by atoms with Crippen molar-refractivity contribution in [1.29, 1.82) is 0 Å². The molecule has 0 radical (unpaired) electrons. The Morgan fingerprint density at radius 1 is 1.05 bits per heavy atom. The smallest absolute Gasteiger partial charge is 0.247 e. The van der Waals surface area contributed by atoms with Gasteiger partial charge in [0.05, 0.1) is 47.1 Å². The summed E-state index contributed by atoms with van der Waals surface area (Å²) in [7, 11) is 3.19. The van der Waals surface area contributed by atoms with Gasteiger partial charge in [0.2, 0.25) is 5.91 Å². The van der Waals surface area contributed by atoms with Gasteiger partial charge in [0.1, 0.15) is 0 Å². The highest BCUT2D eigenvalue weighted by Crippen LogP contribution is 2.42. The Kier molecular flexibility index (Phi) is 7.89. The van der Waals surface area contributed by atoms with Gasteiger partial charge in [-0.05, 0) is 69.1 Å². The number of rotatable bonds is 7. The zero-order valence-electron chi connectivity index (χ0n) is 22.0. The van der Waals surface area contributed by atoms with Crippen molar-refractivity contribution in [1.82, 2.24) is 10.3 Å². The van der Waals surface area contributed by atoms with Crippen molar-refractivity contribution in [2.45, 2.75) is 37.6 Å². The lowest BCUT2D eigenvalue weighted by atomic mass is 9.74. The number of nitrogens with one attached hydrogen (secondary N) is 1. The van der Waals surface area contributed by atoms with Crippen LogP contribution in [0.25, 0.3) is 0 Å². The van der Waals surface area contributed by atoms with Crippen molar-refractivity contribution in [3.05, 3.63) is 63.7 Å². The fraction of sp³-hybridized carbons (Fsp3) is 0.414. The molecule has 1 aliphatic carbocycles. The van der Waals surface area contributed by atoms with Gasteiger partial charge in [0.15, 0.2) is 17.3 Å². The number of amides is 1. The van der Waals surface area contributed by atoms with E-state index in [2.05, 4.69) is 17.5 Å². The predicted molar refractivity (Wildman–Crippen MR) is 153 cm³/mol. The number of carbonyl (C=O) groups excluding carboxylic acids is 2. The number of nitrogens with two attached hydrogens (primary N) is 1. The molecule has 2 atom stereocenters. The van der Waals surface area contributed by atoms with Crippen LogP contribution in [0.2, 0.25) is 10.0 Å². The Labute approximate surface area is 238 Å². The average molecular weight is 572 g/mol. The van der Waals surface area contributed by atoms with Crippen molar-refractivity contribution >= 4 is 46.3 Å². The highest BCUT2D eigenvalue weighted by atomic mass is 35.5. The van der Waals surface area contributed by atoms with Crippen molar-refractivity contribution in [3.8, 4) is 11.5 Å². The van der Waals surface area contributed by atoms with Crippen LogP contribution >= 0.6 is 23.2 Å². The Bertz CT molecular complexity index is 1330. The molecule has 2 aromatic rings. The average Bonchev–Trinajstić information content (AvgIpc) is 2.96. The number of halogens is 2. The van der Waals surface area contributed by atoms with E-state index in [-0.39, 0.29) is 45.7 Å². The molecular formula is C29H32Cl2N4O4. The highest BCUT2D eigenvalue weighted by molar-refractivity contribution is 6.39. The molecule has 8 nitrogen and oxygen atoms in total. The molecule has 0 saturated carbocycles. The summed E-state index contributed by atoms with van der Waals surface area (Å²) >= 11 is 12.5. The number of nitrogens with zero attached hydrogens (tertiary/aromatic N) is 2. The molecule has 1 amide bonds. The monoisotopic (exact) mass is 570 g/mol. The van der Waals surface area contributed by atoms with Crippen LogP contribution in [-0.2, 0) is 4.79 Å². The maximum atomic E-state index is 14.1. The number of fused-ring (bicyclic) bond motifs is 1. The number of Topliss-reactive ketones (excluding diaryl/α,β-unsaturated/α-hetero) is 1. The predicted octanol–water partition coefficient (Wildman–Crippen LogP) is 5.12. The van der Waals surface area contributed by atoms with E-state index in [0.29, 0.717) is 55.8 Å². The van der Waals surface area contributed by atoms with E-state index in [1.165, 1.54) is 12.1 Å². The largest absolute Gasteiger partial charge is 0.493 e. The van der Waals surface area contributed by atoms with Crippen LogP contribution < -0.4 is 20.5 Å². The number of hydrogen-bond donors (Lipinski definition) is 2. The maximum Gasteiger partial charge on any atom is 0.247 e. The summed E-state index contributed by atoms with van der Waals surface area (Å²) in [6, 6.07) is 8.78. The molecule has 0 aromatic heterocycles. The molecule has 3 aliphatic rings. The van der Waals surface area contributed by atoms with E-state index >= 15 is 0 Å². The summed E-state index contributed by atoms with van der Waals surface area (Å²) in [5.41, 5.74) is 7.37. The minimum Gasteiger partial charge on any atom is -0.493 e. The lowest BCUT2D eigenvalue weighted by Crippen LogP contribution is -2.60. The summed E-state index contributed by atoms with van der Waals surface area (Å²) in [6.45, 7) is 1.32. The van der Waals surface area contributed by atoms with E-state index in [0.717, 1.165) is 11.3 Å². The second-order valence-corrected chi connectivity index (χ2v) is 11.1. The van der Waals surface area contributed by atoms with E-state index in [1.54, 1.807) is 19.2 Å². The zero-order valence-corrected chi connectivity index (χ0v) is 23.5. The van der Waals surface area contributed by atoms with E-state index in [9.17, 15) is 9.59 Å². The van der Waals surface area contributed by atoms with Gasteiger partial charge in [-0.25, -0.2) is 5.01 Å². The molecule has 1 saturated heterocycles. The minimum atomic E-state index is -0.798. The highest BCUT2D eigenvalue weighted by Gasteiger charge is 2.49. The fourth-order valence-electron chi connectivity index (χ4n) is 5.89. The minimum absolute atomic E-state index is 0.0448. The van der Waals surface area contributed by atoms with Crippen molar-refractivity contribution in [2.24, 2.45) is 16.9 Å². The Morgan fingerprint density at radius 3 is 2.33 bits per heavy atom. The maximum absolute atomic E-state index is 14.1. The Hall–Kier alpha value is -3.07. The quantitative estimate of drug-likeness (QED) is 0.272. The third-order valence-electron chi connectivity index (χ3n) is 8.07. The molecule has 206 valence electrons. The fourth-order valence-corrected chi connectivity index (χ4v) is 6.37. The summed E-state index contributed by atoms with van der Waals surface area (Å²) < 4.78 is 11.0. The van der Waals surface area contributed by atoms with E-state index in [4.69, 9.17) is 43.5 Å². The van der Waals surface area contributed by atoms with Gasteiger partial charge in [-0.3, -0.25) is 9.59 Å². The van der Waals surface area contributed by atoms with Crippen LogP contribution in [0.4, 0.5) is 5.69 Å². The van der Waals surface area contributed by atoms with Gasteiger partial charge in [-0.1, -0.05) is 35.4 Å². The molecule has 0 unspecified atom stereocenters. The van der Waals surface area contributed by atoms with Crippen LogP contribution in [0.5, 0.6) is 11.5 Å². The molecule has 2 aliphatic heterocycles. The van der Waals surface area contributed by atoms with E-state index in [1.807, 2.05) is 18.2 Å². The number of piperidine rings is 1. The van der Waals surface area contributed by atoms with E-state index < -0.39 is 5.54 Å². The number of carbonyl (C=O) groups is 2. The molecule has 39 heavy (non-hydrogen) atoms. The van der Waals surface area contributed by atoms with Gasteiger partial charge in [-0.15, -0.1) is 0 Å². The molecule has 10 heteroatoms. The van der Waals surface area contributed by atoms with Crippen molar-refractivity contribution in [2.75, 3.05) is 33.0 Å². The number of nitrogen functional groups attached to an aromatic ring is 1. The van der Waals surface area contributed by atoms with Gasteiger partial charge in [0.25, 0.3) is 0 Å². The lowest BCUT2D eigenvalue weighted by molar-refractivity contribution is -0.146. The number of allylic oxidation sites excluding steroid dienone is 2. The number of benzene rings is 2. The number of ether oxygens (including phenoxy) is 2. The van der Waals surface area contributed by atoms with Crippen molar-refractivity contribution in [3.63, 3.8) is 0 Å². The summed E-state index contributed by atoms with van der Waals surface area (Å²) in [4.78, 5) is 27.8. The van der Waals surface area contributed by atoms with Crippen LogP contribution in [0.1, 0.15) is 48.0 Å². The molecule has 5 rings (SSSR count). The molecule has 3 N–H and O–H groups in total. The number of hydrogen-bond acceptors (Lipinski definition) is 7. The summed E-state index contributed by atoms with van der Waals surface area (Å²) in [5.74, 6) is 0.664. The first-order valence-electron chi connectivity index (χ1n) is 13.1. The first-order valence-corrected chi connectivity index (χ1v) is 13.8. The van der Waals surface area contributed by atoms with Crippen LogP contribution in [0.15, 0.2) is 47.6 Å². The second-order valence-electron chi connectivity index (χ2n) is 10.3. The zero-order chi connectivity index (χ0) is 27.7. The lowest BCUT2D eigenvalue weighted by Gasteiger charge is -2.48. The SMILES string of the molecule is COc1ccc(C2=NN(C3(CC(=O)c4cc(Cl)c(N)c(Cl)c4)CCNCC3)C(=O)[C@@H]3CC=CC[C@H]23)cc1OC. The van der Waals surface area contributed by atoms with Gasteiger partial charge in [-0.2, -0.15) is 5.10 Å².